The van der Waals surface area contributed by atoms with Gasteiger partial charge in [-0.25, -0.2) is 4.39 Å². The van der Waals surface area contributed by atoms with Gasteiger partial charge in [0.15, 0.2) is 0 Å². The first-order chi connectivity index (χ1) is 9.19. The number of rotatable bonds is 6. The first kappa shape index (κ1) is 14.8. The average Bonchev–Trinajstić information content (AvgIpc) is 2.86. The Bertz CT molecular complexity index is 405. The number of hydrogen-bond donors (Lipinski definition) is 1. The van der Waals surface area contributed by atoms with Crippen LogP contribution in [0.3, 0.4) is 0 Å². The first-order valence-electron chi connectivity index (χ1n) is 7.08. The van der Waals surface area contributed by atoms with Crippen molar-refractivity contribution in [2.24, 2.45) is 0 Å². The number of halogens is 2. The van der Waals surface area contributed by atoms with E-state index in [0.29, 0.717) is 11.1 Å². The quantitative estimate of drug-likeness (QED) is 0.861. The molecule has 4 heteroatoms. The van der Waals surface area contributed by atoms with Crippen LogP contribution < -0.4 is 5.32 Å². The van der Waals surface area contributed by atoms with Gasteiger partial charge in [0.05, 0.1) is 0 Å². The van der Waals surface area contributed by atoms with Gasteiger partial charge in [-0.05, 0) is 50.0 Å². The lowest BCUT2D eigenvalue weighted by atomic mass is 10.1. The molecule has 2 rings (SSSR count). The fourth-order valence-electron chi connectivity index (χ4n) is 2.67. The van der Waals surface area contributed by atoms with E-state index < -0.39 is 0 Å². The molecule has 0 saturated carbocycles. The van der Waals surface area contributed by atoms with E-state index >= 15 is 0 Å². The molecule has 0 spiro atoms. The molecule has 0 aromatic heterocycles. The minimum atomic E-state index is -0.270. The number of benzene rings is 1. The van der Waals surface area contributed by atoms with E-state index in [4.69, 9.17) is 11.6 Å². The Morgan fingerprint density at radius 1 is 1.47 bits per heavy atom. The Kier molecular flexibility index (Phi) is 5.61. The molecule has 1 aromatic rings. The predicted molar refractivity (Wildman–Crippen MR) is 78.0 cm³/mol. The van der Waals surface area contributed by atoms with Gasteiger partial charge in [-0.1, -0.05) is 24.6 Å². The second kappa shape index (κ2) is 7.22. The fourth-order valence-corrected chi connectivity index (χ4v) is 2.89. The summed E-state index contributed by atoms with van der Waals surface area (Å²) in [7, 11) is 0. The SMILES string of the molecule is CCCN(Cc1ccc(F)cc1Cl)CC1CCCN1. The highest BCUT2D eigenvalue weighted by atomic mass is 35.5. The summed E-state index contributed by atoms with van der Waals surface area (Å²) >= 11 is 6.11. The topological polar surface area (TPSA) is 15.3 Å². The molecule has 106 valence electrons. The summed E-state index contributed by atoms with van der Waals surface area (Å²) in [6.07, 6.45) is 3.63. The van der Waals surface area contributed by atoms with E-state index in [2.05, 4.69) is 17.1 Å². The highest BCUT2D eigenvalue weighted by Crippen LogP contribution is 2.20. The van der Waals surface area contributed by atoms with Crippen molar-refractivity contribution in [1.29, 1.82) is 0 Å². The van der Waals surface area contributed by atoms with Gasteiger partial charge in [0.1, 0.15) is 5.82 Å². The molecule has 1 aliphatic rings. The van der Waals surface area contributed by atoms with Gasteiger partial charge in [-0.2, -0.15) is 0 Å². The van der Waals surface area contributed by atoms with Crippen molar-refractivity contribution in [1.82, 2.24) is 10.2 Å². The minimum absolute atomic E-state index is 0.270. The van der Waals surface area contributed by atoms with Crippen LogP contribution in [0.15, 0.2) is 18.2 Å². The summed E-state index contributed by atoms with van der Waals surface area (Å²) < 4.78 is 13.1. The van der Waals surface area contributed by atoms with Crippen molar-refractivity contribution in [3.8, 4) is 0 Å². The van der Waals surface area contributed by atoms with E-state index in [-0.39, 0.29) is 5.82 Å². The van der Waals surface area contributed by atoms with Crippen LogP contribution in [0.25, 0.3) is 0 Å². The molecule has 0 aliphatic carbocycles. The van der Waals surface area contributed by atoms with E-state index in [0.717, 1.165) is 38.2 Å². The molecule has 1 atom stereocenters. The third-order valence-electron chi connectivity index (χ3n) is 3.59. The second-order valence-corrected chi connectivity index (χ2v) is 5.67. The molecule has 1 unspecified atom stereocenters. The Hall–Kier alpha value is -0.640. The Labute approximate surface area is 119 Å². The van der Waals surface area contributed by atoms with Gasteiger partial charge in [-0.3, -0.25) is 4.90 Å². The lowest BCUT2D eigenvalue weighted by molar-refractivity contribution is 0.241. The Balaban J connectivity index is 1.98. The van der Waals surface area contributed by atoms with Crippen LogP contribution in [-0.4, -0.2) is 30.6 Å². The van der Waals surface area contributed by atoms with Gasteiger partial charge in [0.2, 0.25) is 0 Å². The average molecular weight is 285 g/mol. The summed E-state index contributed by atoms with van der Waals surface area (Å²) in [5, 5.41) is 4.05. The lowest BCUT2D eigenvalue weighted by Crippen LogP contribution is -2.37. The molecule has 1 N–H and O–H groups in total. The third-order valence-corrected chi connectivity index (χ3v) is 3.94. The molecule has 1 heterocycles. The maximum atomic E-state index is 13.1. The molecular weight excluding hydrogens is 263 g/mol. The van der Waals surface area contributed by atoms with Gasteiger partial charge in [0.25, 0.3) is 0 Å². The minimum Gasteiger partial charge on any atom is -0.313 e. The molecule has 1 saturated heterocycles. The van der Waals surface area contributed by atoms with Crippen LogP contribution in [0.1, 0.15) is 31.7 Å². The van der Waals surface area contributed by atoms with E-state index in [9.17, 15) is 4.39 Å². The van der Waals surface area contributed by atoms with Crippen LogP contribution in [0, 0.1) is 5.82 Å². The summed E-state index contributed by atoms with van der Waals surface area (Å²) in [6.45, 7) is 6.20. The van der Waals surface area contributed by atoms with E-state index in [1.165, 1.54) is 25.0 Å². The zero-order valence-electron chi connectivity index (χ0n) is 11.5. The van der Waals surface area contributed by atoms with E-state index in [1.54, 1.807) is 6.07 Å². The van der Waals surface area contributed by atoms with Crippen LogP contribution in [-0.2, 0) is 6.54 Å². The second-order valence-electron chi connectivity index (χ2n) is 5.26. The summed E-state index contributed by atoms with van der Waals surface area (Å²) in [5.41, 5.74) is 1.01. The van der Waals surface area contributed by atoms with Gasteiger partial charge < -0.3 is 5.32 Å². The standard InChI is InChI=1S/C15H22ClFN2/c1-2-8-19(11-14-4-3-7-18-14)10-12-5-6-13(17)9-15(12)16/h5-6,9,14,18H,2-4,7-8,10-11H2,1H3. The molecule has 19 heavy (non-hydrogen) atoms. The van der Waals surface area contributed by atoms with Crippen LogP contribution >= 0.6 is 11.6 Å². The van der Waals surface area contributed by atoms with Crippen molar-refractivity contribution >= 4 is 11.6 Å². The smallest absolute Gasteiger partial charge is 0.124 e. The maximum Gasteiger partial charge on any atom is 0.124 e. The molecule has 0 bridgehead atoms. The zero-order chi connectivity index (χ0) is 13.7. The predicted octanol–water partition coefficient (Wildman–Crippen LogP) is 3.44. The largest absolute Gasteiger partial charge is 0.313 e. The Morgan fingerprint density at radius 3 is 2.95 bits per heavy atom. The van der Waals surface area contributed by atoms with Crippen molar-refractivity contribution in [2.75, 3.05) is 19.6 Å². The highest BCUT2D eigenvalue weighted by molar-refractivity contribution is 6.31. The molecule has 2 nitrogen and oxygen atoms in total. The number of hydrogen-bond acceptors (Lipinski definition) is 2. The fraction of sp³-hybridized carbons (Fsp3) is 0.600. The summed E-state index contributed by atoms with van der Waals surface area (Å²) in [6, 6.07) is 5.27. The summed E-state index contributed by atoms with van der Waals surface area (Å²) in [4.78, 5) is 2.40. The monoisotopic (exact) mass is 284 g/mol. The van der Waals surface area contributed by atoms with Crippen molar-refractivity contribution in [3.63, 3.8) is 0 Å². The maximum absolute atomic E-state index is 13.1. The summed E-state index contributed by atoms with van der Waals surface area (Å²) in [5.74, 6) is -0.270. The normalized spacial score (nSPS) is 19.3. The third kappa shape index (κ3) is 4.44. The number of nitrogens with zero attached hydrogens (tertiary/aromatic N) is 1. The Morgan fingerprint density at radius 2 is 2.32 bits per heavy atom. The lowest BCUT2D eigenvalue weighted by Gasteiger charge is -2.25. The molecule has 0 amide bonds. The van der Waals surface area contributed by atoms with Crippen LogP contribution in [0.2, 0.25) is 5.02 Å². The first-order valence-corrected chi connectivity index (χ1v) is 7.46. The van der Waals surface area contributed by atoms with E-state index in [1.807, 2.05) is 0 Å². The van der Waals surface area contributed by atoms with Crippen LogP contribution in [0.5, 0.6) is 0 Å². The molecule has 1 fully saturated rings. The molecule has 1 aromatic carbocycles. The highest BCUT2D eigenvalue weighted by Gasteiger charge is 2.18. The zero-order valence-corrected chi connectivity index (χ0v) is 12.2. The van der Waals surface area contributed by atoms with Gasteiger partial charge >= 0.3 is 0 Å². The molecule has 0 radical (unpaired) electrons. The van der Waals surface area contributed by atoms with Gasteiger partial charge in [0, 0.05) is 24.2 Å². The van der Waals surface area contributed by atoms with Crippen molar-refractivity contribution in [3.05, 3.63) is 34.6 Å². The number of nitrogens with one attached hydrogen (secondary N) is 1. The van der Waals surface area contributed by atoms with Crippen LogP contribution in [0.4, 0.5) is 4.39 Å². The molecule has 1 aliphatic heterocycles. The molecular formula is C15H22ClFN2. The van der Waals surface area contributed by atoms with Gasteiger partial charge in [-0.15, -0.1) is 0 Å². The van der Waals surface area contributed by atoms with Crippen molar-refractivity contribution < 1.29 is 4.39 Å². The van der Waals surface area contributed by atoms with Crippen molar-refractivity contribution in [2.45, 2.75) is 38.8 Å².